The van der Waals surface area contributed by atoms with Crippen LogP contribution < -0.4 is 5.32 Å². The maximum absolute atomic E-state index is 4.21. The summed E-state index contributed by atoms with van der Waals surface area (Å²) in [5.41, 5.74) is 3.53. The minimum absolute atomic E-state index is 0.799. The number of rotatable bonds is 3. The average Bonchev–Trinajstić information content (AvgIpc) is 2.45. The number of benzene rings is 2. The number of anilines is 1. The van der Waals surface area contributed by atoms with Gasteiger partial charge in [-0.1, -0.05) is 36.4 Å². The molecule has 0 aliphatic carbocycles. The van der Waals surface area contributed by atoms with Crippen LogP contribution in [0.3, 0.4) is 0 Å². The largest absolute Gasteiger partial charge is 0.381 e. The minimum atomic E-state index is 0.799. The van der Waals surface area contributed by atoms with Crippen LogP contribution in [0.5, 0.6) is 0 Å². The van der Waals surface area contributed by atoms with Crippen LogP contribution in [0.4, 0.5) is 5.69 Å². The Balaban J connectivity index is 1.78. The lowest BCUT2D eigenvalue weighted by atomic mass is 10.1. The number of aromatic nitrogens is 1. The van der Waals surface area contributed by atoms with Gasteiger partial charge in [0, 0.05) is 24.6 Å². The first-order valence-corrected chi connectivity index (χ1v) is 6.44. The Labute approximate surface area is 113 Å². The molecule has 0 aliphatic heterocycles. The first kappa shape index (κ1) is 11.7. The van der Waals surface area contributed by atoms with Crippen LogP contribution in [0.25, 0.3) is 10.8 Å². The average molecular weight is 248 g/mol. The van der Waals surface area contributed by atoms with Gasteiger partial charge in [-0.2, -0.15) is 0 Å². The van der Waals surface area contributed by atoms with E-state index in [1.807, 2.05) is 12.4 Å². The van der Waals surface area contributed by atoms with Crippen molar-refractivity contribution in [1.82, 2.24) is 4.98 Å². The molecule has 1 aromatic heterocycles. The predicted molar refractivity (Wildman–Crippen MR) is 80.2 cm³/mol. The number of hydrogen-bond donors (Lipinski definition) is 1. The lowest BCUT2D eigenvalue weighted by Gasteiger charge is -2.08. The van der Waals surface area contributed by atoms with E-state index >= 15 is 0 Å². The van der Waals surface area contributed by atoms with E-state index in [0.29, 0.717) is 0 Å². The minimum Gasteiger partial charge on any atom is -0.381 e. The lowest BCUT2D eigenvalue weighted by Crippen LogP contribution is -2.00. The third-order valence-corrected chi connectivity index (χ3v) is 3.18. The second-order valence-electron chi connectivity index (χ2n) is 4.79. The summed E-state index contributed by atoms with van der Waals surface area (Å²) in [5, 5.41) is 5.97. The van der Waals surface area contributed by atoms with Crippen LogP contribution >= 0.6 is 0 Å². The summed E-state index contributed by atoms with van der Waals surface area (Å²) in [7, 11) is 0. The molecule has 0 aliphatic rings. The molecule has 0 saturated carbocycles. The van der Waals surface area contributed by atoms with E-state index in [9.17, 15) is 0 Å². The molecule has 0 bridgehead atoms. The monoisotopic (exact) mass is 248 g/mol. The molecule has 0 amide bonds. The SMILES string of the molecule is Cc1cncc(CNc2ccc3ccccc3c2)c1. The van der Waals surface area contributed by atoms with Crippen molar-refractivity contribution in [3.8, 4) is 0 Å². The summed E-state index contributed by atoms with van der Waals surface area (Å²) in [4.78, 5) is 4.21. The maximum Gasteiger partial charge on any atom is 0.0416 e. The van der Waals surface area contributed by atoms with Gasteiger partial charge in [-0.3, -0.25) is 4.98 Å². The van der Waals surface area contributed by atoms with Crippen molar-refractivity contribution in [2.45, 2.75) is 13.5 Å². The summed E-state index contributed by atoms with van der Waals surface area (Å²) in [5.74, 6) is 0. The van der Waals surface area contributed by atoms with Gasteiger partial charge in [0.25, 0.3) is 0 Å². The Morgan fingerprint density at radius 1 is 0.947 bits per heavy atom. The van der Waals surface area contributed by atoms with Crippen molar-refractivity contribution < 1.29 is 0 Å². The fourth-order valence-corrected chi connectivity index (χ4v) is 2.22. The smallest absolute Gasteiger partial charge is 0.0416 e. The Morgan fingerprint density at radius 3 is 2.63 bits per heavy atom. The van der Waals surface area contributed by atoms with Gasteiger partial charge in [-0.05, 0) is 41.0 Å². The molecule has 0 radical (unpaired) electrons. The van der Waals surface area contributed by atoms with Crippen LogP contribution in [0.15, 0.2) is 60.9 Å². The highest BCUT2D eigenvalue weighted by molar-refractivity contribution is 5.85. The molecule has 2 heteroatoms. The normalized spacial score (nSPS) is 10.6. The van der Waals surface area contributed by atoms with E-state index in [1.54, 1.807) is 0 Å². The number of nitrogens with one attached hydrogen (secondary N) is 1. The van der Waals surface area contributed by atoms with E-state index in [4.69, 9.17) is 0 Å². The first-order valence-electron chi connectivity index (χ1n) is 6.44. The maximum atomic E-state index is 4.21. The van der Waals surface area contributed by atoms with E-state index in [0.717, 1.165) is 12.2 Å². The lowest BCUT2D eigenvalue weighted by molar-refractivity contribution is 1.10. The summed E-state index contributed by atoms with van der Waals surface area (Å²) >= 11 is 0. The zero-order valence-electron chi connectivity index (χ0n) is 10.9. The van der Waals surface area contributed by atoms with Crippen molar-refractivity contribution in [3.63, 3.8) is 0 Å². The Hall–Kier alpha value is -2.35. The molecule has 0 fully saturated rings. The standard InChI is InChI=1S/C17H16N2/c1-13-8-14(11-18-10-13)12-19-17-7-6-15-4-2-3-5-16(15)9-17/h2-11,19H,12H2,1H3. The highest BCUT2D eigenvalue weighted by Crippen LogP contribution is 2.19. The molecule has 3 aromatic rings. The number of pyridine rings is 1. The van der Waals surface area contributed by atoms with Gasteiger partial charge in [-0.25, -0.2) is 0 Å². The van der Waals surface area contributed by atoms with E-state index in [-0.39, 0.29) is 0 Å². The van der Waals surface area contributed by atoms with E-state index in [1.165, 1.54) is 21.9 Å². The molecular weight excluding hydrogens is 232 g/mol. The molecule has 2 aromatic carbocycles. The van der Waals surface area contributed by atoms with Crippen molar-refractivity contribution in [2.75, 3.05) is 5.32 Å². The van der Waals surface area contributed by atoms with Crippen LogP contribution in [-0.4, -0.2) is 4.98 Å². The Morgan fingerprint density at radius 2 is 1.79 bits per heavy atom. The summed E-state index contributed by atoms with van der Waals surface area (Å²) in [6, 6.07) is 17.0. The van der Waals surface area contributed by atoms with Gasteiger partial charge >= 0.3 is 0 Å². The molecule has 3 rings (SSSR count). The summed E-state index contributed by atoms with van der Waals surface area (Å²) < 4.78 is 0. The van der Waals surface area contributed by atoms with Crippen molar-refractivity contribution in [2.24, 2.45) is 0 Å². The molecule has 0 atom stereocenters. The molecule has 0 unspecified atom stereocenters. The molecule has 1 heterocycles. The van der Waals surface area contributed by atoms with Gasteiger partial charge in [0.15, 0.2) is 0 Å². The fraction of sp³-hybridized carbons (Fsp3) is 0.118. The highest BCUT2D eigenvalue weighted by Gasteiger charge is 1.97. The van der Waals surface area contributed by atoms with Crippen LogP contribution in [-0.2, 0) is 6.54 Å². The summed E-state index contributed by atoms with van der Waals surface area (Å²) in [6.45, 7) is 2.86. The number of hydrogen-bond acceptors (Lipinski definition) is 2. The van der Waals surface area contributed by atoms with Gasteiger partial charge < -0.3 is 5.32 Å². The zero-order valence-corrected chi connectivity index (χ0v) is 10.9. The molecular formula is C17H16N2. The van der Waals surface area contributed by atoms with Gasteiger partial charge in [-0.15, -0.1) is 0 Å². The Bertz CT molecular complexity index is 704. The topological polar surface area (TPSA) is 24.9 Å². The first-order chi connectivity index (χ1) is 9.31. The molecule has 0 saturated heterocycles. The third kappa shape index (κ3) is 2.74. The molecule has 94 valence electrons. The number of aryl methyl sites for hydroxylation is 1. The van der Waals surface area contributed by atoms with Gasteiger partial charge in [0.1, 0.15) is 0 Å². The van der Waals surface area contributed by atoms with Crippen LogP contribution in [0.2, 0.25) is 0 Å². The second-order valence-corrected chi connectivity index (χ2v) is 4.79. The third-order valence-electron chi connectivity index (χ3n) is 3.18. The zero-order chi connectivity index (χ0) is 13.1. The molecule has 19 heavy (non-hydrogen) atoms. The van der Waals surface area contributed by atoms with Gasteiger partial charge in [0.2, 0.25) is 0 Å². The fourth-order valence-electron chi connectivity index (χ4n) is 2.22. The molecule has 0 spiro atoms. The van der Waals surface area contributed by atoms with E-state index in [2.05, 4.69) is 65.8 Å². The van der Waals surface area contributed by atoms with Gasteiger partial charge in [0.05, 0.1) is 0 Å². The molecule has 1 N–H and O–H groups in total. The Kier molecular flexibility index (Phi) is 3.15. The van der Waals surface area contributed by atoms with E-state index < -0.39 is 0 Å². The predicted octanol–water partition coefficient (Wildman–Crippen LogP) is 4.16. The van der Waals surface area contributed by atoms with Crippen molar-refractivity contribution in [1.29, 1.82) is 0 Å². The quantitative estimate of drug-likeness (QED) is 0.753. The van der Waals surface area contributed by atoms with Crippen LogP contribution in [0.1, 0.15) is 11.1 Å². The number of fused-ring (bicyclic) bond motifs is 1. The second kappa shape index (κ2) is 5.11. The highest BCUT2D eigenvalue weighted by atomic mass is 14.9. The number of nitrogens with zero attached hydrogens (tertiary/aromatic N) is 1. The molecule has 2 nitrogen and oxygen atoms in total. The van der Waals surface area contributed by atoms with Crippen molar-refractivity contribution >= 4 is 16.5 Å². The summed E-state index contributed by atoms with van der Waals surface area (Å²) in [6.07, 6.45) is 3.78. The van der Waals surface area contributed by atoms with Crippen molar-refractivity contribution in [3.05, 3.63) is 72.1 Å². The van der Waals surface area contributed by atoms with Crippen LogP contribution in [0, 0.1) is 6.92 Å².